The zero-order valence-electron chi connectivity index (χ0n) is 14.9. The molecule has 0 unspecified atom stereocenters. The highest BCUT2D eigenvalue weighted by molar-refractivity contribution is 5.83. The van der Waals surface area contributed by atoms with Gasteiger partial charge in [-0.1, -0.05) is 36.4 Å². The van der Waals surface area contributed by atoms with Crippen LogP contribution in [-0.2, 0) is 0 Å². The second-order valence-corrected chi connectivity index (χ2v) is 6.09. The summed E-state index contributed by atoms with van der Waals surface area (Å²) in [7, 11) is 0. The quantitative estimate of drug-likeness (QED) is 0.397. The summed E-state index contributed by atoms with van der Waals surface area (Å²) in [6.07, 6.45) is 2.86. The first-order chi connectivity index (χ1) is 13.6. The number of aryl methyl sites for hydroxylation is 1. The van der Waals surface area contributed by atoms with Crippen LogP contribution in [0.4, 0.5) is 17.3 Å². The lowest BCUT2D eigenvalue weighted by Crippen LogP contribution is -2.04. The van der Waals surface area contributed by atoms with Crippen LogP contribution in [0, 0.1) is 17.0 Å². The molecule has 0 aliphatic rings. The van der Waals surface area contributed by atoms with Gasteiger partial charge in [-0.15, -0.1) is 0 Å². The zero-order chi connectivity index (χ0) is 19.5. The molecule has 2 heterocycles. The molecule has 0 fully saturated rings. The molecule has 4 rings (SSSR count). The minimum Gasteiger partial charge on any atom is -0.434 e. The highest BCUT2D eigenvalue weighted by atomic mass is 16.6. The van der Waals surface area contributed by atoms with E-state index in [1.807, 2.05) is 43.3 Å². The molecule has 0 saturated heterocycles. The predicted octanol–water partition coefficient (Wildman–Crippen LogP) is 4.78. The number of aromatic nitrogens is 3. The van der Waals surface area contributed by atoms with E-state index in [1.165, 1.54) is 6.33 Å². The molecule has 28 heavy (non-hydrogen) atoms. The monoisotopic (exact) mass is 373 g/mol. The van der Waals surface area contributed by atoms with Crippen molar-refractivity contribution in [1.29, 1.82) is 0 Å². The van der Waals surface area contributed by atoms with Gasteiger partial charge in [0.2, 0.25) is 5.82 Å². The zero-order valence-corrected chi connectivity index (χ0v) is 14.9. The maximum Gasteiger partial charge on any atom is 0.373 e. The van der Waals surface area contributed by atoms with Gasteiger partial charge in [0.1, 0.15) is 17.9 Å². The second kappa shape index (κ2) is 7.28. The summed E-state index contributed by atoms with van der Waals surface area (Å²) >= 11 is 0. The number of hydrogen-bond acceptors (Lipinski definition) is 7. The van der Waals surface area contributed by atoms with Gasteiger partial charge in [0, 0.05) is 6.20 Å². The highest BCUT2D eigenvalue weighted by Gasteiger charge is 2.25. The van der Waals surface area contributed by atoms with Crippen LogP contribution in [0.2, 0.25) is 0 Å². The fourth-order valence-corrected chi connectivity index (χ4v) is 2.70. The Bertz CT molecular complexity index is 1160. The minimum atomic E-state index is -0.576. The van der Waals surface area contributed by atoms with Gasteiger partial charge in [-0.3, -0.25) is 10.1 Å². The summed E-state index contributed by atoms with van der Waals surface area (Å²) in [5.41, 5.74) is 0.612. The van der Waals surface area contributed by atoms with Crippen molar-refractivity contribution >= 4 is 28.1 Å². The van der Waals surface area contributed by atoms with E-state index in [-0.39, 0.29) is 17.4 Å². The van der Waals surface area contributed by atoms with Crippen molar-refractivity contribution in [3.8, 4) is 11.6 Å². The fraction of sp³-hybridized carbons (Fsp3) is 0.0500. The van der Waals surface area contributed by atoms with Gasteiger partial charge >= 0.3 is 11.6 Å². The van der Waals surface area contributed by atoms with E-state index >= 15 is 0 Å². The van der Waals surface area contributed by atoms with Crippen LogP contribution < -0.4 is 10.1 Å². The van der Waals surface area contributed by atoms with Gasteiger partial charge in [-0.2, -0.15) is 4.98 Å². The minimum absolute atomic E-state index is 0.00661. The van der Waals surface area contributed by atoms with Crippen LogP contribution in [-0.4, -0.2) is 19.9 Å². The van der Waals surface area contributed by atoms with E-state index in [0.717, 1.165) is 16.3 Å². The van der Waals surface area contributed by atoms with Gasteiger partial charge in [0.25, 0.3) is 0 Å². The Morgan fingerprint density at radius 1 is 1.00 bits per heavy atom. The third-order valence-electron chi connectivity index (χ3n) is 4.06. The van der Waals surface area contributed by atoms with Crippen LogP contribution in [0.25, 0.3) is 10.8 Å². The predicted molar refractivity (Wildman–Crippen MR) is 105 cm³/mol. The molecule has 2 aromatic carbocycles. The van der Waals surface area contributed by atoms with Crippen molar-refractivity contribution in [2.45, 2.75) is 6.92 Å². The molecule has 0 aliphatic carbocycles. The van der Waals surface area contributed by atoms with E-state index in [4.69, 9.17) is 4.74 Å². The fourth-order valence-electron chi connectivity index (χ4n) is 2.70. The molecule has 0 amide bonds. The number of hydrogen-bond donors (Lipinski definition) is 1. The summed E-state index contributed by atoms with van der Waals surface area (Å²) in [5.74, 6) is 0.737. The van der Waals surface area contributed by atoms with Crippen LogP contribution in [0.3, 0.4) is 0 Å². The van der Waals surface area contributed by atoms with Crippen molar-refractivity contribution in [3.63, 3.8) is 0 Å². The van der Waals surface area contributed by atoms with Gasteiger partial charge in [-0.05, 0) is 41.5 Å². The van der Waals surface area contributed by atoms with Gasteiger partial charge in [0.05, 0.1) is 4.92 Å². The summed E-state index contributed by atoms with van der Waals surface area (Å²) in [6.45, 7) is 1.90. The lowest BCUT2D eigenvalue weighted by atomic mass is 10.1. The number of benzene rings is 2. The summed E-state index contributed by atoms with van der Waals surface area (Å²) in [4.78, 5) is 23.2. The maximum absolute atomic E-state index is 11.7. The van der Waals surface area contributed by atoms with Gasteiger partial charge in [0.15, 0.2) is 0 Å². The SMILES string of the molecule is Cc1ccc(Nc2ncnc(Oc3ccc4ccccc4c3)c2[N+](=O)[O-])nc1. The molecule has 0 aliphatic heterocycles. The van der Waals surface area contributed by atoms with Crippen LogP contribution in [0.5, 0.6) is 11.6 Å². The normalized spacial score (nSPS) is 10.6. The van der Waals surface area contributed by atoms with E-state index < -0.39 is 4.92 Å². The Morgan fingerprint density at radius 3 is 2.57 bits per heavy atom. The van der Waals surface area contributed by atoms with E-state index in [1.54, 1.807) is 24.4 Å². The Labute approximate surface area is 160 Å². The molecule has 138 valence electrons. The molecule has 1 N–H and O–H groups in total. The molecule has 0 saturated carbocycles. The molecular formula is C20H15N5O3. The van der Waals surface area contributed by atoms with Crippen LogP contribution >= 0.6 is 0 Å². The summed E-state index contributed by atoms with van der Waals surface area (Å²) < 4.78 is 5.72. The van der Waals surface area contributed by atoms with Crippen molar-refractivity contribution in [1.82, 2.24) is 15.0 Å². The molecule has 4 aromatic rings. The largest absolute Gasteiger partial charge is 0.434 e. The Hall–Kier alpha value is -4.07. The Morgan fingerprint density at radius 2 is 1.82 bits per heavy atom. The first-order valence-corrected chi connectivity index (χ1v) is 8.46. The number of pyridine rings is 1. The number of rotatable bonds is 5. The number of ether oxygens (including phenoxy) is 1. The molecule has 2 aromatic heterocycles. The van der Waals surface area contributed by atoms with E-state index in [0.29, 0.717) is 11.6 Å². The van der Waals surface area contributed by atoms with Crippen LogP contribution in [0.15, 0.2) is 67.1 Å². The molecular weight excluding hydrogens is 358 g/mol. The summed E-state index contributed by atoms with van der Waals surface area (Å²) in [5, 5.41) is 16.5. The average molecular weight is 373 g/mol. The number of fused-ring (bicyclic) bond motifs is 1. The number of nitrogens with zero attached hydrogens (tertiary/aromatic N) is 4. The average Bonchev–Trinajstić information content (AvgIpc) is 2.69. The van der Waals surface area contributed by atoms with Crippen molar-refractivity contribution in [2.75, 3.05) is 5.32 Å². The molecule has 0 atom stereocenters. The molecule has 0 spiro atoms. The molecule has 8 heteroatoms. The maximum atomic E-state index is 11.7. The second-order valence-electron chi connectivity index (χ2n) is 6.09. The molecule has 8 nitrogen and oxygen atoms in total. The first kappa shape index (κ1) is 17.3. The van der Waals surface area contributed by atoms with Gasteiger partial charge in [-0.25, -0.2) is 9.97 Å². The summed E-state index contributed by atoms with van der Waals surface area (Å²) in [6, 6.07) is 16.7. The van der Waals surface area contributed by atoms with E-state index in [2.05, 4.69) is 20.3 Å². The van der Waals surface area contributed by atoms with Gasteiger partial charge < -0.3 is 10.1 Å². The Kier molecular flexibility index (Phi) is 4.51. The highest BCUT2D eigenvalue weighted by Crippen LogP contribution is 2.35. The lowest BCUT2D eigenvalue weighted by Gasteiger charge is -2.09. The smallest absolute Gasteiger partial charge is 0.373 e. The van der Waals surface area contributed by atoms with Crippen LogP contribution in [0.1, 0.15) is 5.56 Å². The number of anilines is 2. The number of nitro groups is 1. The van der Waals surface area contributed by atoms with E-state index in [9.17, 15) is 10.1 Å². The Balaban J connectivity index is 1.69. The third-order valence-corrected chi connectivity index (χ3v) is 4.06. The van der Waals surface area contributed by atoms with Crippen molar-refractivity contribution < 1.29 is 9.66 Å². The first-order valence-electron chi connectivity index (χ1n) is 8.46. The van der Waals surface area contributed by atoms with Crippen molar-refractivity contribution in [2.24, 2.45) is 0 Å². The number of nitrogens with one attached hydrogen (secondary N) is 1. The third kappa shape index (κ3) is 3.56. The molecule has 0 bridgehead atoms. The molecule has 0 radical (unpaired) electrons. The lowest BCUT2D eigenvalue weighted by molar-refractivity contribution is -0.385. The van der Waals surface area contributed by atoms with Crippen molar-refractivity contribution in [3.05, 3.63) is 82.8 Å². The topological polar surface area (TPSA) is 103 Å². The standard InChI is InChI=1S/C20H15N5O3/c1-13-6-9-17(21-11-13)24-19-18(25(26)27)20(23-12-22-19)28-16-8-7-14-4-2-3-5-15(14)10-16/h2-12H,1H3,(H,21,22,23,24).